The second kappa shape index (κ2) is 6.97. The van der Waals surface area contributed by atoms with Crippen molar-refractivity contribution in [1.82, 2.24) is 9.38 Å². The third kappa shape index (κ3) is 3.15. The maximum Gasteiger partial charge on any atom is 0.374 e. The summed E-state index contributed by atoms with van der Waals surface area (Å²) in [5.74, 6) is -0.960. The Hall–Kier alpha value is -3.26. The Balaban J connectivity index is 1.41. The van der Waals surface area contributed by atoms with Crippen molar-refractivity contribution in [3.05, 3.63) is 79.0 Å². The topological polar surface area (TPSA) is 90.9 Å². The number of carbonyl (C=O) groups is 1. The summed E-state index contributed by atoms with van der Waals surface area (Å²) >= 11 is 1.51. The SMILES string of the molecule is O=C(OCc1cc(=O)n2c3c(sc2n1)CCCC3)c1cc(=O)c2ccccc2o1. The Bertz CT molecular complexity index is 1380. The van der Waals surface area contributed by atoms with Crippen molar-refractivity contribution in [3.63, 3.8) is 0 Å². The molecular formula is C21H16N2O5S. The highest BCUT2D eigenvalue weighted by Gasteiger charge is 2.19. The summed E-state index contributed by atoms with van der Waals surface area (Å²) in [7, 11) is 0. The van der Waals surface area contributed by atoms with Gasteiger partial charge in [-0.15, -0.1) is 11.3 Å². The van der Waals surface area contributed by atoms with Crippen LogP contribution >= 0.6 is 11.3 Å². The van der Waals surface area contributed by atoms with Crippen LogP contribution in [0.5, 0.6) is 0 Å². The first-order chi connectivity index (χ1) is 14.1. The largest absolute Gasteiger partial charge is 0.453 e. The number of carbonyl (C=O) groups excluding carboxylic acids is 1. The molecule has 4 aromatic rings. The standard InChI is InChI=1S/C21H16N2O5S/c24-15-10-17(28-16-7-3-1-5-13(15)16)20(26)27-11-12-9-19(25)23-14-6-2-4-8-18(14)29-21(23)22-12/h1,3,5,7,9-10H,2,4,6,8,11H2. The number of fused-ring (bicyclic) bond motifs is 4. The van der Waals surface area contributed by atoms with Crippen LogP contribution in [-0.2, 0) is 24.2 Å². The summed E-state index contributed by atoms with van der Waals surface area (Å²) < 4.78 is 12.4. The van der Waals surface area contributed by atoms with Crippen LogP contribution in [0.1, 0.15) is 39.7 Å². The summed E-state index contributed by atoms with van der Waals surface area (Å²) in [6.45, 7) is -0.177. The predicted molar refractivity (Wildman–Crippen MR) is 108 cm³/mol. The summed E-state index contributed by atoms with van der Waals surface area (Å²) in [5.41, 5.74) is 1.24. The summed E-state index contributed by atoms with van der Waals surface area (Å²) in [4.78, 5) is 43.4. The molecule has 146 valence electrons. The second-order valence-electron chi connectivity index (χ2n) is 6.93. The van der Waals surface area contributed by atoms with E-state index >= 15 is 0 Å². The van der Waals surface area contributed by atoms with Gasteiger partial charge in [-0.1, -0.05) is 12.1 Å². The van der Waals surface area contributed by atoms with Gasteiger partial charge in [-0.25, -0.2) is 9.78 Å². The number of ether oxygens (including phenoxy) is 1. The third-order valence-corrected chi connectivity index (χ3v) is 6.14. The number of aromatic nitrogens is 2. The lowest BCUT2D eigenvalue weighted by Crippen LogP contribution is -2.19. The summed E-state index contributed by atoms with van der Waals surface area (Å²) in [5, 5.41) is 0.394. The molecule has 7 nitrogen and oxygen atoms in total. The van der Waals surface area contributed by atoms with Gasteiger partial charge in [0, 0.05) is 22.7 Å². The van der Waals surface area contributed by atoms with Crippen LogP contribution in [0.2, 0.25) is 0 Å². The van der Waals surface area contributed by atoms with E-state index in [1.807, 2.05) is 0 Å². The second-order valence-corrected chi connectivity index (χ2v) is 7.99. The molecular weight excluding hydrogens is 392 g/mol. The van der Waals surface area contributed by atoms with Gasteiger partial charge in [0.1, 0.15) is 12.2 Å². The molecule has 3 aromatic heterocycles. The molecule has 0 fully saturated rings. The van der Waals surface area contributed by atoms with Gasteiger partial charge in [0.25, 0.3) is 5.56 Å². The van der Waals surface area contributed by atoms with E-state index < -0.39 is 5.97 Å². The molecule has 0 saturated heterocycles. The molecule has 0 atom stereocenters. The molecule has 0 unspecified atom stereocenters. The first kappa shape index (κ1) is 17.8. The first-order valence-electron chi connectivity index (χ1n) is 9.33. The Morgan fingerprint density at radius 3 is 2.90 bits per heavy atom. The highest BCUT2D eigenvalue weighted by atomic mass is 32.1. The van der Waals surface area contributed by atoms with Crippen LogP contribution in [0.15, 0.2) is 50.4 Å². The smallest absolute Gasteiger partial charge is 0.374 e. The van der Waals surface area contributed by atoms with Crippen molar-refractivity contribution in [2.75, 3.05) is 0 Å². The van der Waals surface area contributed by atoms with Crippen LogP contribution in [-0.4, -0.2) is 15.4 Å². The van der Waals surface area contributed by atoms with Crippen LogP contribution < -0.4 is 11.0 Å². The number of esters is 1. The first-order valence-corrected chi connectivity index (χ1v) is 10.1. The number of nitrogens with zero attached hydrogens (tertiary/aromatic N) is 2. The molecule has 0 spiro atoms. The van der Waals surface area contributed by atoms with Crippen LogP contribution in [0.25, 0.3) is 15.9 Å². The van der Waals surface area contributed by atoms with Gasteiger partial charge in [-0.2, -0.15) is 0 Å². The lowest BCUT2D eigenvalue weighted by Gasteiger charge is -2.10. The molecule has 5 rings (SSSR count). The van der Waals surface area contributed by atoms with Crippen molar-refractivity contribution in [1.29, 1.82) is 0 Å². The monoisotopic (exact) mass is 408 g/mol. The molecule has 0 amide bonds. The molecule has 0 aliphatic heterocycles. The fourth-order valence-electron chi connectivity index (χ4n) is 3.63. The normalized spacial score (nSPS) is 13.5. The molecule has 0 bridgehead atoms. The average molecular weight is 408 g/mol. The lowest BCUT2D eigenvalue weighted by atomic mass is 10.0. The van der Waals surface area contributed by atoms with E-state index in [0.717, 1.165) is 37.4 Å². The molecule has 0 radical (unpaired) electrons. The highest BCUT2D eigenvalue weighted by molar-refractivity contribution is 7.17. The average Bonchev–Trinajstić information content (AvgIpc) is 3.11. The zero-order chi connectivity index (χ0) is 20.0. The fourth-order valence-corrected chi connectivity index (χ4v) is 4.86. The zero-order valence-electron chi connectivity index (χ0n) is 15.3. The number of para-hydroxylation sites is 1. The Labute approximate surface area is 168 Å². The number of benzene rings is 1. The zero-order valence-corrected chi connectivity index (χ0v) is 16.2. The molecule has 1 aromatic carbocycles. The van der Waals surface area contributed by atoms with Gasteiger partial charge in [0.2, 0.25) is 5.76 Å². The van der Waals surface area contributed by atoms with Gasteiger partial charge in [0.05, 0.1) is 11.1 Å². The Morgan fingerprint density at radius 2 is 2.00 bits per heavy atom. The predicted octanol–water partition coefficient (Wildman–Crippen LogP) is 3.10. The molecule has 3 heterocycles. The molecule has 8 heteroatoms. The van der Waals surface area contributed by atoms with Crippen LogP contribution in [0.4, 0.5) is 0 Å². The van der Waals surface area contributed by atoms with Gasteiger partial charge in [-0.3, -0.25) is 14.0 Å². The minimum atomic E-state index is -0.777. The third-order valence-electron chi connectivity index (χ3n) is 5.00. The van der Waals surface area contributed by atoms with E-state index in [4.69, 9.17) is 9.15 Å². The van der Waals surface area contributed by atoms with E-state index in [2.05, 4.69) is 4.98 Å². The van der Waals surface area contributed by atoms with Gasteiger partial charge >= 0.3 is 5.97 Å². The number of rotatable bonds is 3. The Kier molecular flexibility index (Phi) is 4.28. The summed E-state index contributed by atoms with van der Waals surface area (Å²) in [6.07, 6.45) is 4.04. The van der Waals surface area contributed by atoms with E-state index in [9.17, 15) is 14.4 Å². The Morgan fingerprint density at radius 1 is 1.17 bits per heavy atom. The van der Waals surface area contributed by atoms with E-state index in [0.29, 0.717) is 21.6 Å². The number of hydrogen-bond acceptors (Lipinski definition) is 7. The summed E-state index contributed by atoms with van der Waals surface area (Å²) in [6, 6.07) is 9.18. The number of aryl methyl sites for hydroxylation is 2. The van der Waals surface area contributed by atoms with Crippen LogP contribution in [0, 0.1) is 0 Å². The number of thiazole rings is 1. The van der Waals surface area contributed by atoms with Crippen molar-refractivity contribution in [2.24, 2.45) is 0 Å². The molecule has 1 aliphatic rings. The van der Waals surface area contributed by atoms with Gasteiger partial charge in [-0.05, 0) is 37.8 Å². The van der Waals surface area contributed by atoms with Gasteiger partial charge < -0.3 is 9.15 Å². The highest BCUT2D eigenvalue weighted by Crippen LogP contribution is 2.28. The molecule has 1 aliphatic carbocycles. The van der Waals surface area contributed by atoms with Crippen molar-refractivity contribution >= 4 is 33.2 Å². The van der Waals surface area contributed by atoms with Crippen molar-refractivity contribution in [3.8, 4) is 0 Å². The van der Waals surface area contributed by atoms with Gasteiger partial charge in [0.15, 0.2) is 10.4 Å². The maximum atomic E-state index is 12.6. The minimum Gasteiger partial charge on any atom is -0.453 e. The van der Waals surface area contributed by atoms with Crippen molar-refractivity contribution in [2.45, 2.75) is 32.3 Å². The van der Waals surface area contributed by atoms with Crippen molar-refractivity contribution < 1.29 is 13.9 Å². The quantitative estimate of drug-likeness (QED) is 0.484. The number of hydrogen-bond donors (Lipinski definition) is 0. The fraction of sp³-hybridized carbons (Fsp3) is 0.238. The minimum absolute atomic E-state index is 0.169. The molecule has 29 heavy (non-hydrogen) atoms. The molecule has 0 saturated carbocycles. The van der Waals surface area contributed by atoms with E-state index in [1.54, 1.807) is 28.7 Å². The maximum absolute atomic E-state index is 12.6. The lowest BCUT2D eigenvalue weighted by molar-refractivity contribution is 0.0431. The van der Waals surface area contributed by atoms with E-state index in [1.165, 1.54) is 22.3 Å². The molecule has 0 N–H and O–H groups in total. The van der Waals surface area contributed by atoms with E-state index in [-0.39, 0.29) is 23.4 Å². The van der Waals surface area contributed by atoms with Crippen LogP contribution in [0.3, 0.4) is 0 Å².